The van der Waals surface area contributed by atoms with E-state index in [2.05, 4.69) is 14.9 Å². The highest BCUT2D eigenvalue weighted by Crippen LogP contribution is 2.17. The Balaban J connectivity index is 1.98. The van der Waals surface area contributed by atoms with Crippen LogP contribution in [-0.4, -0.2) is 32.7 Å². The van der Waals surface area contributed by atoms with E-state index in [0.717, 1.165) is 35.1 Å². The second kappa shape index (κ2) is 7.20. The Morgan fingerprint density at radius 3 is 2.81 bits per heavy atom. The number of carbonyl (C=O) groups excluding carboxylic acids is 1. The quantitative estimate of drug-likeness (QED) is 0.378. The standard InChI is InChI=1S/C17H14N4O6/c1-10-4-3-5-11(6-10)15-18-14(27-19-15)9-20-8-12(17(23)26-2)7-13(16(20)22)21(24)25/h3-8H,9H2,1-2H3. The molecule has 0 saturated carbocycles. The molecule has 27 heavy (non-hydrogen) atoms. The number of hydrogen-bond acceptors (Lipinski definition) is 8. The van der Waals surface area contributed by atoms with Crippen molar-refractivity contribution in [2.24, 2.45) is 0 Å². The van der Waals surface area contributed by atoms with Gasteiger partial charge in [0.05, 0.1) is 17.6 Å². The van der Waals surface area contributed by atoms with Crippen LogP contribution in [0.3, 0.4) is 0 Å². The summed E-state index contributed by atoms with van der Waals surface area (Å²) in [5.74, 6) is -0.428. The van der Waals surface area contributed by atoms with Crippen LogP contribution in [0.15, 0.2) is 45.8 Å². The number of pyridine rings is 1. The van der Waals surface area contributed by atoms with E-state index in [0.29, 0.717) is 5.82 Å². The number of hydrogen-bond donors (Lipinski definition) is 0. The average molecular weight is 370 g/mol. The molecule has 0 aliphatic rings. The Kier molecular flexibility index (Phi) is 4.79. The molecule has 0 unspecified atom stereocenters. The molecule has 0 spiro atoms. The molecule has 0 atom stereocenters. The van der Waals surface area contributed by atoms with Crippen LogP contribution in [0.4, 0.5) is 5.69 Å². The SMILES string of the molecule is COC(=O)c1cc([N+](=O)[O-])c(=O)n(Cc2nc(-c3cccc(C)c3)no2)c1. The van der Waals surface area contributed by atoms with Crippen molar-refractivity contribution in [2.75, 3.05) is 7.11 Å². The average Bonchev–Trinajstić information content (AvgIpc) is 3.11. The van der Waals surface area contributed by atoms with Gasteiger partial charge in [0.2, 0.25) is 11.7 Å². The summed E-state index contributed by atoms with van der Waals surface area (Å²) in [6.07, 6.45) is 1.15. The van der Waals surface area contributed by atoms with Crippen LogP contribution in [0.5, 0.6) is 0 Å². The second-order valence-corrected chi connectivity index (χ2v) is 5.68. The lowest BCUT2D eigenvalue weighted by Crippen LogP contribution is -2.24. The molecular weight excluding hydrogens is 356 g/mol. The van der Waals surface area contributed by atoms with Crippen molar-refractivity contribution in [2.45, 2.75) is 13.5 Å². The maximum Gasteiger partial charge on any atom is 0.339 e. The summed E-state index contributed by atoms with van der Waals surface area (Å²) in [4.78, 5) is 38.4. The van der Waals surface area contributed by atoms with Crippen LogP contribution in [0, 0.1) is 17.0 Å². The zero-order valence-electron chi connectivity index (χ0n) is 14.4. The van der Waals surface area contributed by atoms with E-state index in [4.69, 9.17) is 4.52 Å². The van der Waals surface area contributed by atoms with Gasteiger partial charge in [-0.3, -0.25) is 19.5 Å². The van der Waals surface area contributed by atoms with Crippen LogP contribution in [0.25, 0.3) is 11.4 Å². The van der Waals surface area contributed by atoms with E-state index >= 15 is 0 Å². The van der Waals surface area contributed by atoms with Gasteiger partial charge in [-0.05, 0) is 13.0 Å². The predicted molar refractivity (Wildman–Crippen MR) is 92.3 cm³/mol. The Labute approximate surface area is 152 Å². The number of benzene rings is 1. The van der Waals surface area contributed by atoms with Gasteiger partial charge in [-0.15, -0.1) is 0 Å². The molecule has 0 bridgehead atoms. The molecule has 0 aliphatic carbocycles. The molecule has 2 heterocycles. The highest BCUT2D eigenvalue weighted by Gasteiger charge is 2.21. The van der Waals surface area contributed by atoms with E-state index in [-0.39, 0.29) is 18.0 Å². The number of carbonyl (C=O) groups is 1. The number of nitrogens with zero attached hydrogens (tertiary/aromatic N) is 4. The minimum atomic E-state index is -0.900. The van der Waals surface area contributed by atoms with Crippen molar-refractivity contribution < 1.29 is 19.0 Å². The normalized spacial score (nSPS) is 10.6. The predicted octanol–water partition coefficient (Wildman–Crippen LogP) is 1.95. The van der Waals surface area contributed by atoms with Crippen molar-refractivity contribution in [3.05, 3.63) is 74.0 Å². The maximum atomic E-state index is 12.3. The molecule has 1 aromatic carbocycles. The van der Waals surface area contributed by atoms with Crippen LogP contribution >= 0.6 is 0 Å². The van der Waals surface area contributed by atoms with Gasteiger partial charge in [-0.2, -0.15) is 4.98 Å². The Bertz CT molecular complexity index is 1090. The fraction of sp³-hybridized carbons (Fsp3) is 0.176. The summed E-state index contributed by atoms with van der Waals surface area (Å²) in [6, 6.07) is 8.30. The third-order valence-corrected chi connectivity index (χ3v) is 3.73. The van der Waals surface area contributed by atoms with Gasteiger partial charge in [0.15, 0.2) is 0 Å². The highest BCUT2D eigenvalue weighted by atomic mass is 16.6. The summed E-state index contributed by atoms with van der Waals surface area (Å²) in [5, 5.41) is 15.0. The lowest BCUT2D eigenvalue weighted by atomic mass is 10.1. The minimum absolute atomic E-state index is 0.0601. The molecule has 3 rings (SSSR count). The number of esters is 1. The van der Waals surface area contributed by atoms with Gasteiger partial charge >= 0.3 is 17.2 Å². The number of nitro groups is 1. The Hall–Kier alpha value is -3.82. The molecule has 10 nitrogen and oxygen atoms in total. The number of ether oxygens (including phenoxy) is 1. The van der Waals surface area contributed by atoms with Crippen molar-refractivity contribution >= 4 is 11.7 Å². The topological polar surface area (TPSA) is 130 Å². The first kappa shape index (κ1) is 18.0. The van der Waals surface area contributed by atoms with Crippen LogP contribution in [-0.2, 0) is 11.3 Å². The number of rotatable bonds is 5. The van der Waals surface area contributed by atoms with Crippen molar-refractivity contribution in [3.8, 4) is 11.4 Å². The Morgan fingerprint density at radius 2 is 2.15 bits per heavy atom. The third kappa shape index (κ3) is 3.73. The fourth-order valence-corrected chi connectivity index (χ4v) is 2.46. The fourth-order valence-electron chi connectivity index (χ4n) is 2.46. The van der Waals surface area contributed by atoms with Gasteiger partial charge < -0.3 is 9.26 Å². The van der Waals surface area contributed by atoms with Gasteiger partial charge in [0.25, 0.3) is 0 Å². The maximum absolute atomic E-state index is 12.3. The third-order valence-electron chi connectivity index (χ3n) is 3.73. The van der Waals surface area contributed by atoms with E-state index < -0.39 is 22.1 Å². The minimum Gasteiger partial charge on any atom is -0.465 e. The monoisotopic (exact) mass is 370 g/mol. The summed E-state index contributed by atoms with van der Waals surface area (Å²) >= 11 is 0. The molecule has 10 heteroatoms. The first-order valence-corrected chi connectivity index (χ1v) is 7.76. The van der Waals surface area contributed by atoms with Crippen LogP contribution in [0.2, 0.25) is 0 Å². The molecule has 0 aliphatic heterocycles. The lowest BCUT2D eigenvalue weighted by molar-refractivity contribution is -0.386. The Morgan fingerprint density at radius 1 is 1.37 bits per heavy atom. The molecule has 3 aromatic rings. The zero-order chi connectivity index (χ0) is 19.6. The molecule has 138 valence electrons. The van der Waals surface area contributed by atoms with Crippen molar-refractivity contribution in [1.82, 2.24) is 14.7 Å². The first-order chi connectivity index (χ1) is 12.9. The second-order valence-electron chi connectivity index (χ2n) is 5.68. The molecule has 0 saturated heterocycles. The highest BCUT2D eigenvalue weighted by molar-refractivity contribution is 5.89. The van der Waals surface area contributed by atoms with E-state index in [1.807, 2.05) is 25.1 Å². The molecule has 0 radical (unpaired) electrons. The van der Waals surface area contributed by atoms with E-state index in [1.54, 1.807) is 6.07 Å². The molecular formula is C17H14N4O6. The largest absolute Gasteiger partial charge is 0.465 e. The van der Waals surface area contributed by atoms with Crippen molar-refractivity contribution in [1.29, 1.82) is 0 Å². The van der Waals surface area contributed by atoms with E-state index in [9.17, 15) is 19.7 Å². The summed E-state index contributed by atoms with van der Waals surface area (Å²) in [7, 11) is 1.13. The number of aromatic nitrogens is 3. The van der Waals surface area contributed by atoms with Crippen LogP contribution in [0.1, 0.15) is 21.8 Å². The van der Waals surface area contributed by atoms with E-state index in [1.165, 1.54) is 0 Å². The summed E-state index contributed by atoms with van der Waals surface area (Å²) < 4.78 is 10.7. The number of aryl methyl sites for hydroxylation is 1. The van der Waals surface area contributed by atoms with Gasteiger partial charge in [-0.1, -0.05) is 28.9 Å². The summed E-state index contributed by atoms with van der Waals surface area (Å²) in [6.45, 7) is 1.69. The smallest absolute Gasteiger partial charge is 0.339 e. The molecule has 0 fully saturated rings. The van der Waals surface area contributed by atoms with Gasteiger partial charge in [0.1, 0.15) is 6.54 Å². The first-order valence-electron chi connectivity index (χ1n) is 7.76. The van der Waals surface area contributed by atoms with Crippen molar-refractivity contribution in [3.63, 3.8) is 0 Å². The van der Waals surface area contributed by atoms with Crippen LogP contribution < -0.4 is 5.56 Å². The summed E-state index contributed by atoms with van der Waals surface area (Å²) in [5.41, 5.74) is -0.0513. The number of methoxy groups -OCH3 is 1. The van der Waals surface area contributed by atoms with Gasteiger partial charge in [-0.25, -0.2) is 4.79 Å². The molecule has 0 N–H and O–H groups in total. The lowest BCUT2D eigenvalue weighted by Gasteiger charge is -2.05. The molecule has 0 amide bonds. The molecule has 2 aromatic heterocycles. The zero-order valence-corrected chi connectivity index (χ0v) is 14.4. The van der Waals surface area contributed by atoms with Gasteiger partial charge in [0, 0.05) is 17.8 Å².